The summed E-state index contributed by atoms with van der Waals surface area (Å²) < 4.78 is 27.3. The number of carbonyl (C=O) groups is 2. The number of fused-ring (bicyclic) bond motifs is 2. The zero-order chi connectivity index (χ0) is 30.7. The SMILES string of the molecule is C[C@]12CC[C@H]3[C@@]4(C=C[C@@]5(C=C4C(=O)Cc4c(F)cccc4Cl)C[C@@H](O)CC[C@]35C)[C@@H]1CC[C@@]21CN(C[C@H]2CCCO2)C(=O)O1. The normalized spacial score (nSPS) is 45.2. The number of halogens is 2. The van der Waals surface area contributed by atoms with Crippen LogP contribution in [0.5, 0.6) is 0 Å². The summed E-state index contributed by atoms with van der Waals surface area (Å²) in [5.74, 6) is -0.290. The molecule has 1 aromatic carbocycles. The van der Waals surface area contributed by atoms with E-state index in [0.717, 1.165) is 63.5 Å². The number of aliphatic hydroxyl groups excluding tert-OH is 1. The van der Waals surface area contributed by atoms with Crippen LogP contribution in [0, 0.1) is 39.3 Å². The molecule has 2 saturated heterocycles. The summed E-state index contributed by atoms with van der Waals surface area (Å²) in [6.07, 6.45) is 13.7. The third kappa shape index (κ3) is 3.66. The van der Waals surface area contributed by atoms with Gasteiger partial charge in [0.1, 0.15) is 11.4 Å². The number of allylic oxidation sites excluding steroid dienone is 4. The molecule has 1 aromatic rings. The quantitative estimate of drug-likeness (QED) is 0.364. The molecule has 5 fully saturated rings. The fourth-order valence-electron chi connectivity index (χ4n) is 11.6. The van der Waals surface area contributed by atoms with E-state index in [2.05, 4.69) is 32.1 Å². The van der Waals surface area contributed by atoms with E-state index in [4.69, 9.17) is 21.1 Å². The number of hydrogen-bond donors (Lipinski definition) is 1. The molecule has 2 heterocycles. The van der Waals surface area contributed by atoms with Gasteiger partial charge in [-0.2, -0.15) is 0 Å². The van der Waals surface area contributed by atoms with Crippen LogP contribution in [0.4, 0.5) is 9.18 Å². The molecule has 8 aliphatic rings. The number of ketones is 1. The molecule has 0 unspecified atom stereocenters. The summed E-state index contributed by atoms with van der Waals surface area (Å²) in [5.41, 5.74) is -1.08. The predicted octanol–water partition coefficient (Wildman–Crippen LogP) is 6.82. The Balaban J connectivity index is 1.21. The molecule has 1 N–H and O–H groups in total. The maximum absolute atomic E-state index is 15.0. The van der Waals surface area contributed by atoms with Crippen LogP contribution in [0.3, 0.4) is 0 Å². The molecule has 9 atom stereocenters. The van der Waals surface area contributed by atoms with Crippen molar-refractivity contribution in [3.8, 4) is 0 Å². The molecule has 0 aromatic heterocycles. The Kier molecular flexibility index (Phi) is 6.40. The summed E-state index contributed by atoms with van der Waals surface area (Å²) >= 11 is 6.44. The number of ether oxygens (including phenoxy) is 2. The molecule has 3 spiro atoms. The highest BCUT2D eigenvalue weighted by atomic mass is 35.5. The van der Waals surface area contributed by atoms with Crippen molar-refractivity contribution < 1.29 is 28.6 Å². The fraction of sp³-hybridized carbons (Fsp3) is 0.667. The van der Waals surface area contributed by atoms with Crippen molar-refractivity contribution in [1.82, 2.24) is 4.90 Å². The van der Waals surface area contributed by atoms with Gasteiger partial charge in [0, 0.05) is 45.4 Å². The second-order valence-electron chi connectivity index (χ2n) is 15.5. The van der Waals surface area contributed by atoms with Gasteiger partial charge in [-0.05, 0) is 87.2 Å². The minimum absolute atomic E-state index is 0.0590. The second-order valence-corrected chi connectivity index (χ2v) is 15.9. The van der Waals surface area contributed by atoms with Crippen molar-refractivity contribution in [1.29, 1.82) is 0 Å². The fourth-order valence-corrected chi connectivity index (χ4v) is 11.8. The lowest BCUT2D eigenvalue weighted by molar-refractivity contribution is -0.168. The Bertz CT molecular complexity index is 1470. The average molecular weight is 624 g/mol. The van der Waals surface area contributed by atoms with Crippen molar-refractivity contribution in [3.63, 3.8) is 0 Å². The molecule has 1 amide bonds. The van der Waals surface area contributed by atoms with Gasteiger partial charge in [0.05, 0.1) is 25.3 Å². The topological polar surface area (TPSA) is 76.1 Å². The van der Waals surface area contributed by atoms with Crippen LogP contribution in [0.15, 0.2) is 42.0 Å². The Labute approximate surface area is 264 Å². The standard InChI is InChI=1S/C36H43ClFNO5/c1-32-11-8-22(40)18-34(32)14-15-36(25(19-34)28(41)17-24-26(37)6-3-7-27(24)38)29(32)9-12-33(2)30(36)10-13-35(33)21-39(31(42)44-35)20-23-5-4-16-43-23/h3,6-7,14-15,19,22-23,29-30,40H,4-5,8-13,16-18,20-21H2,1-2H3/t22-,23+,29+,30+,32+,33-,34-,35+,36-/m0/s1. The lowest BCUT2D eigenvalue weighted by Gasteiger charge is -2.71. The summed E-state index contributed by atoms with van der Waals surface area (Å²) in [6, 6.07) is 4.56. The molecule has 6 aliphatic carbocycles. The lowest BCUT2D eigenvalue weighted by atomic mass is 9.32. The largest absolute Gasteiger partial charge is 0.440 e. The number of amides is 1. The van der Waals surface area contributed by atoms with Crippen LogP contribution in [-0.2, 0) is 20.7 Å². The number of Topliss-reactive ketones (excluding diaryl/α,β-unsaturated/α-hetero) is 1. The van der Waals surface area contributed by atoms with Gasteiger partial charge < -0.3 is 19.5 Å². The van der Waals surface area contributed by atoms with Gasteiger partial charge in [0.25, 0.3) is 0 Å². The van der Waals surface area contributed by atoms with Gasteiger partial charge in [0.2, 0.25) is 0 Å². The van der Waals surface area contributed by atoms with Crippen LogP contribution in [0.2, 0.25) is 5.02 Å². The summed E-state index contributed by atoms with van der Waals surface area (Å²) in [5, 5.41) is 11.2. The minimum Gasteiger partial charge on any atom is -0.440 e. The van der Waals surface area contributed by atoms with Gasteiger partial charge in [-0.25, -0.2) is 9.18 Å². The number of rotatable bonds is 5. The van der Waals surface area contributed by atoms with Crippen molar-refractivity contribution in [2.75, 3.05) is 19.7 Å². The third-order valence-corrected chi connectivity index (χ3v) is 14.2. The van der Waals surface area contributed by atoms with Crippen molar-refractivity contribution in [2.45, 2.75) is 95.9 Å². The lowest BCUT2D eigenvalue weighted by Crippen LogP contribution is -2.67. The van der Waals surface area contributed by atoms with Crippen LogP contribution < -0.4 is 0 Å². The molecule has 9 rings (SSSR count). The number of benzene rings is 1. The van der Waals surface area contributed by atoms with Gasteiger partial charge in [-0.15, -0.1) is 0 Å². The van der Waals surface area contributed by atoms with Crippen molar-refractivity contribution in [3.05, 3.63) is 58.4 Å². The van der Waals surface area contributed by atoms with E-state index in [0.29, 0.717) is 19.5 Å². The molecule has 2 aliphatic heterocycles. The number of hydrogen-bond acceptors (Lipinski definition) is 5. The van der Waals surface area contributed by atoms with Crippen LogP contribution >= 0.6 is 11.6 Å². The van der Waals surface area contributed by atoms with E-state index in [-0.39, 0.29) is 57.7 Å². The molecule has 44 heavy (non-hydrogen) atoms. The molecule has 3 saturated carbocycles. The zero-order valence-electron chi connectivity index (χ0n) is 25.7. The molecule has 6 nitrogen and oxygen atoms in total. The Hall–Kier alpha value is -2.22. The zero-order valence-corrected chi connectivity index (χ0v) is 26.5. The van der Waals surface area contributed by atoms with E-state index in [1.807, 2.05) is 4.90 Å². The van der Waals surface area contributed by atoms with Gasteiger partial charge >= 0.3 is 6.09 Å². The minimum atomic E-state index is -0.625. The van der Waals surface area contributed by atoms with Crippen LogP contribution in [0.1, 0.15) is 77.2 Å². The van der Waals surface area contributed by atoms with Crippen LogP contribution in [-0.4, -0.2) is 59.4 Å². The predicted molar refractivity (Wildman–Crippen MR) is 163 cm³/mol. The maximum Gasteiger partial charge on any atom is 0.410 e. The van der Waals surface area contributed by atoms with E-state index in [9.17, 15) is 14.7 Å². The van der Waals surface area contributed by atoms with E-state index in [1.165, 1.54) is 6.07 Å². The Morgan fingerprint density at radius 3 is 2.64 bits per heavy atom. The first-order chi connectivity index (χ1) is 21.0. The van der Waals surface area contributed by atoms with E-state index < -0.39 is 28.4 Å². The maximum atomic E-state index is 15.0. The summed E-state index contributed by atoms with van der Waals surface area (Å²) in [7, 11) is 0. The first-order valence-electron chi connectivity index (χ1n) is 16.6. The van der Waals surface area contributed by atoms with Gasteiger partial charge in [-0.3, -0.25) is 4.79 Å². The highest BCUT2D eigenvalue weighted by Gasteiger charge is 2.76. The molecular formula is C36H43ClFNO5. The smallest absolute Gasteiger partial charge is 0.410 e. The highest BCUT2D eigenvalue weighted by Crippen LogP contribution is 2.79. The monoisotopic (exact) mass is 623 g/mol. The van der Waals surface area contributed by atoms with Crippen molar-refractivity contribution in [2.24, 2.45) is 33.5 Å². The summed E-state index contributed by atoms with van der Waals surface area (Å²) in [6.45, 7) is 6.53. The Morgan fingerprint density at radius 2 is 1.86 bits per heavy atom. The highest BCUT2D eigenvalue weighted by molar-refractivity contribution is 6.31. The first kappa shape index (κ1) is 29.2. The van der Waals surface area contributed by atoms with Crippen LogP contribution in [0.25, 0.3) is 0 Å². The third-order valence-electron chi connectivity index (χ3n) is 13.8. The average Bonchev–Trinajstić information content (AvgIpc) is 3.69. The molecule has 2 bridgehead atoms. The summed E-state index contributed by atoms with van der Waals surface area (Å²) in [4.78, 5) is 29.8. The van der Waals surface area contributed by atoms with Gasteiger partial charge in [0.15, 0.2) is 5.78 Å². The number of aliphatic hydroxyl groups is 1. The number of nitrogens with zero attached hydrogens (tertiary/aromatic N) is 1. The van der Waals surface area contributed by atoms with Crippen molar-refractivity contribution >= 4 is 23.5 Å². The first-order valence-corrected chi connectivity index (χ1v) is 17.0. The molecule has 0 radical (unpaired) electrons. The van der Waals surface area contributed by atoms with Gasteiger partial charge in [-0.1, -0.05) is 49.7 Å². The molecular weight excluding hydrogens is 581 g/mol. The second kappa shape index (κ2) is 9.65. The molecule has 8 heteroatoms. The molecule has 236 valence electrons. The van der Waals surface area contributed by atoms with E-state index in [1.54, 1.807) is 12.1 Å². The Morgan fingerprint density at radius 1 is 1.09 bits per heavy atom. The number of carbonyl (C=O) groups excluding carboxylic acids is 2. The van der Waals surface area contributed by atoms with E-state index >= 15 is 4.39 Å².